The summed E-state index contributed by atoms with van der Waals surface area (Å²) in [7, 11) is 0. The van der Waals surface area contributed by atoms with E-state index in [1.54, 1.807) is 6.92 Å². The van der Waals surface area contributed by atoms with E-state index in [4.69, 9.17) is 10.9 Å². The molecule has 1 aromatic heterocycles. The Bertz CT molecular complexity index is 301. The first-order valence-electron chi connectivity index (χ1n) is 4.11. The number of aromatic nitrogens is 2. The van der Waals surface area contributed by atoms with Crippen LogP contribution in [-0.2, 0) is 5.54 Å². The Morgan fingerprint density at radius 1 is 1.50 bits per heavy atom. The molecule has 0 spiro atoms. The lowest BCUT2D eigenvalue weighted by Crippen LogP contribution is -2.44. The highest BCUT2D eigenvalue weighted by Crippen LogP contribution is 2.24. The Labute approximate surface area is 86.4 Å². The van der Waals surface area contributed by atoms with Crippen LogP contribution in [-0.4, -0.2) is 15.2 Å². The molecule has 0 radical (unpaired) electrons. The topological polar surface area (TPSA) is 77.8 Å². The fourth-order valence-electron chi connectivity index (χ4n) is 0.914. The lowest BCUT2D eigenvalue weighted by atomic mass is 9.99. The van der Waals surface area contributed by atoms with Gasteiger partial charge in [-0.3, -0.25) is 5.14 Å². The smallest absolute Gasteiger partial charge is 0.159 e. The summed E-state index contributed by atoms with van der Waals surface area (Å²) in [5.41, 5.74) is 5.24. The lowest BCUT2D eigenvalue weighted by Gasteiger charge is -2.27. The maximum atomic E-state index is 12.6. The zero-order chi connectivity index (χ0) is 10.8. The van der Waals surface area contributed by atoms with Crippen LogP contribution in [0, 0.1) is 5.82 Å². The van der Waals surface area contributed by atoms with Crippen molar-refractivity contribution in [3.63, 3.8) is 0 Å². The molecule has 0 saturated carbocycles. The van der Waals surface area contributed by atoms with Crippen molar-refractivity contribution >= 4 is 11.9 Å². The maximum absolute atomic E-state index is 12.6. The van der Waals surface area contributed by atoms with Gasteiger partial charge in [-0.1, -0.05) is 11.9 Å². The molecule has 1 heterocycles. The average Bonchev–Trinajstić information content (AvgIpc) is 2.17. The molecule has 78 valence electrons. The third-order valence-corrected chi connectivity index (χ3v) is 3.05. The van der Waals surface area contributed by atoms with Gasteiger partial charge in [0.2, 0.25) is 0 Å². The van der Waals surface area contributed by atoms with Crippen molar-refractivity contribution in [2.45, 2.75) is 24.6 Å². The molecule has 1 rings (SSSR count). The first-order chi connectivity index (χ1) is 6.48. The highest BCUT2D eigenvalue weighted by molar-refractivity contribution is 7.97. The molecule has 0 fully saturated rings. The van der Waals surface area contributed by atoms with Crippen LogP contribution >= 0.6 is 11.9 Å². The van der Waals surface area contributed by atoms with Crippen molar-refractivity contribution in [3.8, 4) is 0 Å². The van der Waals surface area contributed by atoms with E-state index in [1.165, 1.54) is 0 Å². The van der Waals surface area contributed by atoms with Crippen LogP contribution in [0.1, 0.15) is 19.7 Å². The maximum Gasteiger partial charge on any atom is 0.159 e. The molecule has 0 aromatic carbocycles. The summed E-state index contributed by atoms with van der Waals surface area (Å²) >= 11 is 1.13. The normalized spacial score (nSPS) is 17.5. The fourth-order valence-corrected chi connectivity index (χ4v) is 1.30. The molecule has 0 amide bonds. The summed E-state index contributed by atoms with van der Waals surface area (Å²) in [5.74, 6) is -0.0815. The second kappa shape index (κ2) is 4.20. The quantitative estimate of drug-likeness (QED) is 0.730. The molecule has 0 unspecified atom stereocenters. The van der Waals surface area contributed by atoms with Gasteiger partial charge < -0.3 is 5.73 Å². The SMILES string of the molecule is C[C@@H](SN)[C@@](C)(N)c1ncc(F)cn1. The van der Waals surface area contributed by atoms with Crippen LogP contribution in [0.25, 0.3) is 0 Å². The van der Waals surface area contributed by atoms with Gasteiger partial charge in [-0.05, 0) is 13.8 Å². The summed E-state index contributed by atoms with van der Waals surface area (Å²) in [6, 6.07) is 0. The van der Waals surface area contributed by atoms with Gasteiger partial charge in [-0.25, -0.2) is 14.4 Å². The number of rotatable bonds is 3. The van der Waals surface area contributed by atoms with E-state index in [1.807, 2.05) is 6.92 Å². The third kappa shape index (κ3) is 2.20. The van der Waals surface area contributed by atoms with Crippen LogP contribution < -0.4 is 10.9 Å². The molecule has 0 saturated heterocycles. The Balaban J connectivity index is 2.97. The number of hydrogen-bond acceptors (Lipinski definition) is 5. The van der Waals surface area contributed by atoms with Crippen molar-refractivity contribution in [3.05, 3.63) is 24.0 Å². The van der Waals surface area contributed by atoms with Crippen molar-refractivity contribution in [2.24, 2.45) is 10.9 Å². The third-order valence-electron chi connectivity index (χ3n) is 2.15. The van der Waals surface area contributed by atoms with Gasteiger partial charge in [0.05, 0.1) is 17.9 Å². The van der Waals surface area contributed by atoms with E-state index in [9.17, 15) is 4.39 Å². The molecule has 0 bridgehead atoms. The minimum atomic E-state index is -0.757. The summed E-state index contributed by atoms with van der Waals surface area (Å²) in [6.45, 7) is 3.64. The van der Waals surface area contributed by atoms with E-state index in [-0.39, 0.29) is 5.25 Å². The van der Waals surface area contributed by atoms with Crippen LogP contribution in [0.2, 0.25) is 0 Å². The highest BCUT2D eigenvalue weighted by Gasteiger charge is 2.31. The Morgan fingerprint density at radius 3 is 2.43 bits per heavy atom. The molecule has 6 heteroatoms. The van der Waals surface area contributed by atoms with E-state index < -0.39 is 11.4 Å². The van der Waals surface area contributed by atoms with Gasteiger partial charge in [-0.15, -0.1) is 0 Å². The standard InChI is InChI=1S/C8H13FN4S/c1-5(14-11)8(2,10)7-12-3-6(9)4-13-7/h3-5H,10-11H2,1-2H3/t5-,8-/m1/s1. The number of nitrogens with two attached hydrogens (primary N) is 2. The lowest BCUT2D eigenvalue weighted by molar-refractivity contribution is 0.452. The molecule has 0 aliphatic carbocycles. The van der Waals surface area contributed by atoms with Gasteiger partial charge in [-0.2, -0.15) is 0 Å². The Morgan fingerprint density at radius 2 is 2.00 bits per heavy atom. The summed E-state index contributed by atoms with van der Waals surface area (Å²) in [4.78, 5) is 7.68. The zero-order valence-corrected chi connectivity index (χ0v) is 8.88. The van der Waals surface area contributed by atoms with Crippen molar-refractivity contribution < 1.29 is 4.39 Å². The summed E-state index contributed by atoms with van der Waals surface area (Å²) in [5, 5.41) is 5.38. The summed E-state index contributed by atoms with van der Waals surface area (Å²) < 4.78 is 12.6. The van der Waals surface area contributed by atoms with Crippen molar-refractivity contribution in [1.82, 2.24) is 9.97 Å². The monoisotopic (exact) mass is 216 g/mol. The second-order valence-corrected chi connectivity index (χ2v) is 4.27. The first-order valence-corrected chi connectivity index (χ1v) is 5.05. The average molecular weight is 216 g/mol. The minimum Gasteiger partial charge on any atom is -0.318 e. The molecule has 4 nitrogen and oxygen atoms in total. The largest absolute Gasteiger partial charge is 0.318 e. The van der Waals surface area contributed by atoms with E-state index in [0.717, 1.165) is 24.3 Å². The van der Waals surface area contributed by atoms with E-state index in [2.05, 4.69) is 9.97 Å². The predicted molar refractivity (Wildman–Crippen MR) is 54.8 cm³/mol. The molecule has 4 N–H and O–H groups in total. The molecule has 14 heavy (non-hydrogen) atoms. The van der Waals surface area contributed by atoms with Crippen LogP contribution in [0.5, 0.6) is 0 Å². The predicted octanol–water partition coefficient (Wildman–Crippen LogP) is 0.785. The molecule has 2 atom stereocenters. The first kappa shape index (κ1) is 11.4. The number of nitrogens with zero attached hydrogens (tertiary/aromatic N) is 2. The molecular formula is C8H13FN4S. The zero-order valence-electron chi connectivity index (χ0n) is 8.07. The number of halogens is 1. The van der Waals surface area contributed by atoms with Gasteiger partial charge in [0.25, 0.3) is 0 Å². The molecule has 0 aliphatic heterocycles. The van der Waals surface area contributed by atoms with Gasteiger partial charge in [0, 0.05) is 5.25 Å². The van der Waals surface area contributed by atoms with Crippen LogP contribution in [0.15, 0.2) is 12.4 Å². The fraction of sp³-hybridized carbons (Fsp3) is 0.500. The molecular weight excluding hydrogens is 203 g/mol. The van der Waals surface area contributed by atoms with Crippen LogP contribution in [0.3, 0.4) is 0 Å². The van der Waals surface area contributed by atoms with Crippen LogP contribution in [0.4, 0.5) is 4.39 Å². The second-order valence-electron chi connectivity index (χ2n) is 3.29. The van der Waals surface area contributed by atoms with E-state index in [0.29, 0.717) is 5.82 Å². The van der Waals surface area contributed by atoms with Crippen molar-refractivity contribution in [1.29, 1.82) is 0 Å². The molecule has 0 aliphatic rings. The Hall–Kier alpha value is -0.720. The minimum absolute atomic E-state index is 0.0482. The Kier molecular flexibility index (Phi) is 3.41. The van der Waals surface area contributed by atoms with Crippen molar-refractivity contribution in [2.75, 3.05) is 0 Å². The highest BCUT2D eigenvalue weighted by atomic mass is 32.2. The number of hydrogen-bond donors (Lipinski definition) is 2. The van der Waals surface area contributed by atoms with Gasteiger partial charge in [0.15, 0.2) is 5.82 Å². The van der Waals surface area contributed by atoms with Gasteiger partial charge >= 0.3 is 0 Å². The molecule has 1 aromatic rings. The van der Waals surface area contributed by atoms with Gasteiger partial charge in [0.1, 0.15) is 5.82 Å². The van der Waals surface area contributed by atoms with E-state index >= 15 is 0 Å². The summed E-state index contributed by atoms with van der Waals surface area (Å²) in [6.07, 6.45) is 2.20.